The van der Waals surface area contributed by atoms with E-state index in [0.29, 0.717) is 11.4 Å². The van der Waals surface area contributed by atoms with E-state index >= 15 is 0 Å². The van der Waals surface area contributed by atoms with Gasteiger partial charge in [0, 0.05) is 5.56 Å². The molecule has 1 heterocycles. The number of hydrogen-bond donors (Lipinski definition) is 0. The minimum atomic E-state index is -0.511. The number of hydrogen-bond acceptors (Lipinski definition) is 6. The van der Waals surface area contributed by atoms with E-state index in [1.165, 1.54) is 0 Å². The molecule has 7 heteroatoms. The van der Waals surface area contributed by atoms with E-state index in [2.05, 4.69) is 15.2 Å². The van der Waals surface area contributed by atoms with Crippen LogP contribution in [-0.4, -0.2) is 25.4 Å². The van der Waals surface area contributed by atoms with Gasteiger partial charge in [-0.1, -0.05) is 0 Å². The van der Waals surface area contributed by atoms with Crippen LogP contribution in [0.1, 0.15) is 0 Å². The summed E-state index contributed by atoms with van der Waals surface area (Å²) >= 11 is 1.62. The first kappa shape index (κ1) is 19.0. The van der Waals surface area contributed by atoms with Gasteiger partial charge in [0.1, 0.15) is 29.8 Å². The lowest BCUT2D eigenvalue weighted by molar-refractivity contribution is 0.273. The second kappa shape index (κ2) is 8.79. The van der Waals surface area contributed by atoms with E-state index < -0.39 is 6.67 Å². The first-order valence-corrected chi connectivity index (χ1v) is 9.82. The van der Waals surface area contributed by atoms with Gasteiger partial charge in [0.05, 0.1) is 28.7 Å². The second-order valence-electron chi connectivity index (χ2n) is 6.13. The molecule has 0 bridgehead atoms. The van der Waals surface area contributed by atoms with Crippen molar-refractivity contribution >= 4 is 32.9 Å². The predicted molar refractivity (Wildman–Crippen MR) is 114 cm³/mol. The van der Waals surface area contributed by atoms with Crippen molar-refractivity contribution in [3.63, 3.8) is 0 Å². The lowest BCUT2D eigenvalue weighted by atomic mass is 10.2. The van der Waals surface area contributed by atoms with Crippen molar-refractivity contribution in [3.8, 4) is 22.1 Å². The number of alkyl halides is 1. The summed E-state index contributed by atoms with van der Waals surface area (Å²) in [5.41, 5.74) is 3.42. The van der Waals surface area contributed by atoms with Crippen molar-refractivity contribution in [3.05, 3.63) is 66.7 Å². The average Bonchev–Trinajstić information content (AvgIpc) is 3.20. The van der Waals surface area contributed by atoms with Gasteiger partial charge in [-0.05, 0) is 66.7 Å². The summed E-state index contributed by atoms with van der Waals surface area (Å²) < 4.78 is 23.7. The van der Waals surface area contributed by atoms with Gasteiger partial charge in [-0.15, -0.1) is 11.3 Å². The summed E-state index contributed by atoms with van der Waals surface area (Å²) in [6.45, 7) is -0.460. The Morgan fingerprint density at radius 3 is 2.21 bits per heavy atom. The van der Waals surface area contributed by atoms with E-state index in [0.717, 1.165) is 32.2 Å². The van der Waals surface area contributed by atoms with Crippen molar-refractivity contribution in [1.82, 2.24) is 4.98 Å². The number of azo groups is 1. The number of ether oxygens (including phenoxy) is 2. The maximum atomic E-state index is 12.1. The summed E-state index contributed by atoms with van der Waals surface area (Å²) in [5.74, 6) is 1.44. The highest BCUT2D eigenvalue weighted by Crippen LogP contribution is 2.33. The van der Waals surface area contributed by atoms with Crippen LogP contribution in [0.2, 0.25) is 0 Å². The molecule has 4 aromatic rings. The fraction of sp³-hybridized carbons (Fsp3) is 0.136. The molecule has 0 fully saturated rings. The molecule has 29 heavy (non-hydrogen) atoms. The zero-order chi connectivity index (χ0) is 20.1. The molecule has 0 aliphatic carbocycles. The molecule has 1 aromatic heterocycles. The van der Waals surface area contributed by atoms with Crippen LogP contribution in [0, 0.1) is 0 Å². The molecule has 3 aromatic carbocycles. The predicted octanol–water partition coefficient (Wildman–Crippen LogP) is 6.74. The van der Waals surface area contributed by atoms with Crippen LogP contribution in [0.25, 0.3) is 20.8 Å². The zero-order valence-electron chi connectivity index (χ0n) is 15.7. The lowest BCUT2D eigenvalue weighted by Gasteiger charge is -2.02. The molecule has 4 rings (SSSR count). The molecule has 0 spiro atoms. The Bertz CT molecular complexity index is 1130. The van der Waals surface area contributed by atoms with Crippen LogP contribution in [0.15, 0.2) is 77.0 Å². The Morgan fingerprint density at radius 2 is 1.55 bits per heavy atom. The molecule has 0 radical (unpaired) electrons. The largest absolute Gasteiger partial charge is 0.497 e. The average molecular weight is 407 g/mol. The first-order valence-electron chi connectivity index (χ1n) is 9.01. The molecule has 5 nitrogen and oxygen atoms in total. The van der Waals surface area contributed by atoms with E-state index in [4.69, 9.17) is 9.47 Å². The monoisotopic (exact) mass is 407 g/mol. The molecule has 0 amide bonds. The molecule has 0 N–H and O–H groups in total. The summed E-state index contributed by atoms with van der Waals surface area (Å²) in [4.78, 5) is 4.68. The highest BCUT2D eigenvalue weighted by molar-refractivity contribution is 7.21. The van der Waals surface area contributed by atoms with Crippen molar-refractivity contribution in [1.29, 1.82) is 0 Å². The Hall–Kier alpha value is -3.32. The number of thiazole rings is 1. The van der Waals surface area contributed by atoms with Gasteiger partial charge in [0.15, 0.2) is 0 Å². The maximum absolute atomic E-state index is 12.1. The molecular weight excluding hydrogens is 389 g/mol. The number of methoxy groups -OCH3 is 1. The van der Waals surface area contributed by atoms with Gasteiger partial charge >= 0.3 is 0 Å². The number of nitrogens with zero attached hydrogens (tertiary/aromatic N) is 3. The molecule has 146 valence electrons. The molecule has 0 unspecified atom stereocenters. The van der Waals surface area contributed by atoms with Crippen LogP contribution in [0.4, 0.5) is 15.8 Å². The smallest absolute Gasteiger partial charge is 0.124 e. The number of halogens is 1. The third-order valence-corrected chi connectivity index (χ3v) is 5.24. The molecule has 0 saturated heterocycles. The van der Waals surface area contributed by atoms with E-state index in [1.807, 2.05) is 42.5 Å². The van der Waals surface area contributed by atoms with Crippen LogP contribution < -0.4 is 9.47 Å². The molecule has 0 atom stereocenters. The van der Waals surface area contributed by atoms with Crippen molar-refractivity contribution in [2.45, 2.75) is 0 Å². The quantitative estimate of drug-likeness (QED) is 0.319. The topological polar surface area (TPSA) is 56.1 Å². The minimum Gasteiger partial charge on any atom is -0.497 e. The van der Waals surface area contributed by atoms with Gasteiger partial charge in [-0.25, -0.2) is 9.37 Å². The van der Waals surface area contributed by atoms with Gasteiger partial charge < -0.3 is 9.47 Å². The summed E-state index contributed by atoms with van der Waals surface area (Å²) in [6.07, 6.45) is 0. The molecular formula is C22H18FN3O2S. The van der Waals surface area contributed by atoms with E-state index in [-0.39, 0.29) is 6.61 Å². The van der Waals surface area contributed by atoms with Crippen LogP contribution in [0.5, 0.6) is 11.5 Å². The van der Waals surface area contributed by atoms with Gasteiger partial charge in [0.25, 0.3) is 0 Å². The minimum absolute atomic E-state index is 0.0510. The van der Waals surface area contributed by atoms with Crippen molar-refractivity contribution < 1.29 is 13.9 Å². The van der Waals surface area contributed by atoms with Gasteiger partial charge in [-0.3, -0.25) is 0 Å². The Kier molecular flexibility index (Phi) is 5.76. The molecule has 0 saturated carbocycles. The lowest BCUT2D eigenvalue weighted by Crippen LogP contribution is -1.97. The first-order chi connectivity index (χ1) is 14.2. The number of aromatic nitrogens is 1. The SMILES string of the molecule is COc1ccc2nc(-c3ccc(N=Nc4ccc(OCCF)cc4)cc3)sc2c1. The van der Waals surface area contributed by atoms with Crippen molar-refractivity contribution in [2.24, 2.45) is 10.2 Å². The van der Waals surface area contributed by atoms with E-state index in [9.17, 15) is 4.39 Å². The molecule has 0 aliphatic heterocycles. The summed E-state index contributed by atoms with van der Waals surface area (Å²) in [6, 6.07) is 20.7. The Balaban J connectivity index is 1.47. The van der Waals surface area contributed by atoms with Gasteiger partial charge in [-0.2, -0.15) is 10.2 Å². The summed E-state index contributed by atoms with van der Waals surface area (Å²) in [5, 5.41) is 9.43. The third-order valence-electron chi connectivity index (χ3n) is 4.17. The Labute approximate surface area is 171 Å². The number of benzene rings is 3. The van der Waals surface area contributed by atoms with E-state index in [1.54, 1.807) is 42.7 Å². The normalized spacial score (nSPS) is 11.2. The maximum Gasteiger partial charge on any atom is 0.124 e. The Morgan fingerprint density at radius 1 is 0.897 bits per heavy atom. The van der Waals surface area contributed by atoms with Crippen LogP contribution in [-0.2, 0) is 0 Å². The fourth-order valence-corrected chi connectivity index (χ4v) is 3.71. The fourth-order valence-electron chi connectivity index (χ4n) is 2.71. The highest BCUT2D eigenvalue weighted by Gasteiger charge is 2.07. The molecule has 0 aliphatic rings. The zero-order valence-corrected chi connectivity index (χ0v) is 16.5. The highest BCUT2D eigenvalue weighted by atomic mass is 32.1. The van der Waals surface area contributed by atoms with Gasteiger partial charge in [0.2, 0.25) is 0 Å². The summed E-state index contributed by atoms with van der Waals surface area (Å²) in [7, 11) is 1.66. The standard InChI is InChI=1S/C22H18FN3O2S/c1-27-19-10-11-20-21(14-19)29-22(24-20)15-2-4-16(5-3-15)25-26-17-6-8-18(9-7-17)28-13-12-23/h2-11,14H,12-13H2,1H3. The number of fused-ring (bicyclic) bond motifs is 1. The number of rotatable bonds is 7. The third kappa shape index (κ3) is 4.57. The van der Waals surface area contributed by atoms with Crippen LogP contribution in [0.3, 0.4) is 0 Å². The van der Waals surface area contributed by atoms with Crippen LogP contribution >= 0.6 is 11.3 Å². The second-order valence-corrected chi connectivity index (χ2v) is 7.16. The van der Waals surface area contributed by atoms with Crippen molar-refractivity contribution in [2.75, 3.05) is 20.4 Å².